The molecule has 2 aromatic rings. The van der Waals surface area contributed by atoms with Gasteiger partial charge in [0.1, 0.15) is 5.82 Å². The zero-order valence-corrected chi connectivity index (χ0v) is 17.1. The van der Waals surface area contributed by atoms with Crippen LogP contribution in [0.1, 0.15) is 17.5 Å². The van der Waals surface area contributed by atoms with Crippen molar-refractivity contribution in [3.05, 3.63) is 59.4 Å². The summed E-state index contributed by atoms with van der Waals surface area (Å²) in [5, 5.41) is 8.92. The van der Waals surface area contributed by atoms with Gasteiger partial charge in [0.2, 0.25) is 5.91 Å². The van der Waals surface area contributed by atoms with Crippen molar-refractivity contribution in [3.63, 3.8) is 0 Å². The predicted octanol–water partition coefficient (Wildman–Crippen LogP) is 3.51. The minimum absolute atomic E-state index is 0.167. The molecule has 6 heteroatoms. The van der Waals surface area contributed by atoms with Crippen LogP contribution in [0.25, 0.3) is 0 Å². The standard InChI is InChI=1S/C23H27FN4O/c1-18-7-5-10-21(19(18)2)27-15-13-26(14-16-27)17-23(29)28(12-6-11-25)22-9-4-3-8-20(22)24/h3-5,7-10H,6,12-17H2,1-2H3. The van der Waals surface area contributed by atoms with E-state index in [-0.39, 0.29) is 31.1 Å². The van der Waals surface area contributed by atoms with E-state index in [1.807, 2.05) is 6.07 Å². The number of benzene rings is 2. The summed E-state index contributed by atoms with van der Waals surface area (Å²) in [7, 11) is 0. The van der Waals surface area contributed by atoms with Crippen molar-refractivity contribution in [2.45, 2.75) is 20.3 Å². The summed E-state index contributed by atoms with van der Waals surface area (Å²) in [6.07, 6.45) is 0.167. The van der Waals surface area contributed by atoms with Gasteiger partial charge in [-0.1, -0.05) is 24.3 Å². The van der Waals surface area contributed by atoms with Gasteiger partial charge in [0, 0.05) is 38.4 Å². The van der Waals surface area contributed by atoms with Crippen molar-refractivity contribution < 1.29 is 9.18 Å². The minimum Gasteiger partial charge on any atom is -0.369 e. The van der Waals surface area contributed by atoms with Crippen LogP contribution in [0.5, 0.6) is 0 Å². The molecule has 0 saturated carbocycles. The first kappa shape index (κ1) is 20.8. The Morgan fingerprint density at radius 3 is 2.52 bits per heavy atom. The molecule has 1 aliphatic heterocycles. The Morgan fingerprint density at radius 2 is 1.83 bits per heavy atom. The predicted molar refractivity (Wildman–Crippen MR) is 114 cm³/mol. The van der Waals surface area contributed by atoms with E-state index < -0.39 is 5.82 Å². The Bertz CT molecular complexity index is 900. The summed E-state index contributed by atoms with van der Waals surface area (Å²) in [6, 6.07) is 14.6. The number of carbonyl (C=O) groups excluding carboxylic acids is 1. The maximum atomic E-state index is 14.2. The second-order valence-electron chi connectivity index (χ2n) is 7.39. The fourth-order valence-corrected chi connectivity index (χ4v) is 3.71. The average Bonchev–Trinajstić information content (AvgIpc) is 2.72. The van der Waals surface area contributed by atoms with Crippen molar-refractivity contribution in [1.29, 1.82) is 5.26 Å². The molecule has 1 fully saturated rings. The number of aryl methyl sites for hydroxylation is 1. The summed E-state index contributed by atoms with van der Waals surface area (Å²) < 4.78 is 14.2. The molecule has 1 saturated heterocycles. The van der Waals surface area contributed by atoms with Gasteiger partial charge in [-0.2, -0.15) is 5.26 Å². The van der Waals surface area contributed by atoms with E-state index in [2.05, 4.69) is 41.8 Å². The molecule has 0 aliphatic carbocycles. The maximum absolute atomic E-state index is 14.2. The number of para-hydroxylation sites is 1. The van der Waals surface area contributed by atoms with Gasteiger partial charge < -0.3 is 9.80 Å². The van der Waals surface area contributed by atoms with Crippen LogP contribution in [0, 0.1) is 31.0 Å². The van der Waals surface area contributed by atoms with Crippen LogP contribution in [0.2, 0.25) is 0 Å². The Kier molecular flexibility index (Phi) is 6.84. The molecule has 0 bridgehead atoms. The smallest absolute Gasteiger partial charge is 0.241 e. The maximum Gasteiger partial charge on any atom is 0.241 e. The van der Waals surface area contributed by atoms with Gasteiger partial charge in [0.25, 0.3) is 0 Å². The highest BCUT2D eigenvalue weighted by atomic mass is 19.1. The number of anilines is 2. The molecule has 3 rings (SSSR count). The summed E-state index contributed by atoms with van der Waals surface area (Å²) in [5.74, 6) is -0.621. The first-order valence-corrected chi connectivity index (χ1v) is 9.96. The summed E-state index contributed by atoms with van der Waals surface area (Å²) in [5.41, 5.74) is 4.05. The van der Waals surface area contributed by atoms with Crippen LogP contribution >= 0.6 is 0 Å². The number of nitrogens with zero attached hydrogens (tertiary/aromatic N) is 4. The van der Waals surface area contributed by atoms with Crippen molar-refractivity contribution in [3.8, 4) is 6.07 Å². The third kappa shape index (κ3) is 4.93. The van der Waals surface area contributed by atoms with Crippen LogP contribution in [0.3, 0.4) is 0 Å². The van der Waals surface area contributed by atoms with Crippen molar-refractivity contribution in [1.82, 2.24) is 4.90 Å². The average molecular weight is 394 g/mol. The lowest BCUT2D eigenvalue weighted by Gasteiger charge is -2.37. The molecule has 0 spiro atoms. The largest absolute Gasteiger partial charge is 0.369 e. The van der Waals surface area contributed by atoms with Gasteiger partial charge in [0.15, 0.2) is 0 Å². The van der Waals surface area contributed by atoms with Crippen LogP contribution in [-0.2, 0) is 4.79 Å². The number of nitriles is 1. The molecule has 1 aliphatic rings. The lowest BCUT2D eigenvalue weighted by molar-refractivity contribution is -0.119. The van der Waals surface area contributed by atoms with E-state index in [4.69, 9.17) is 5.26 Å². The molecule has 2 aromatic carbocycles. The highest BCUT2D eigenvalue weighted by Crippen LogP contribution is 2.24. The van der Waals surface area contributed by atoms with Gasteiger partial charge in [-0.15, -0.1) is 0 Å². The molecule has 0 N–H and O–H groups in total. The quantitative estimate of drug-likeness (QED) is 0.752. The molecule has 1 heterocycles. The number of halogens is 1. The fraction of sp³-hybridized carbons (Fsp3) is 0.391. The molecule has 1 amide bonds. The van der Waals surface area contributed by atoms with Crippen LogP contribution in [0.15, 0.2) is 42.5 Å². The Hall–Kier alpha value is -2.91. The highest BCUT2D eigenvalue weighted by molar-refractivity contribution is 5.95. The van der Waals surface area contributed by atoms with E-state index >= 15 is 0 Å². The Morgan fingerprint density at radius 1 is 1.10 bits per heavy atom. The monoisotopic (exact) mass is 394 g/mol. The number of piperazine rings is 1. The molecule has 29 heavy (non-hydrogen) atoms. The number of carbonyl (C=O) groups is 1. The first-order valence-electron chi connectivity index (χ1n) is 9.96. The topological polar surface area (TPSA) is 50.6 Å². The summed E-state index contributed by atoms with van der Waals surface area (Å²) in [4.78, 5) is 18.8. The van der Waals surface area contributed by atoms with E-state index in [1.165, 1.54) is 27.8 Å². The van der Waals surface area contributed by atoms with Crippen LogP contribution < -0.4 is 9.80 Å². The molecule has 152 valence electrons. The minimum atomic E-state index is -0.446. The number of rotatable bonds is 6. The lowest BCUT2D eigenvalue weighted by Crippen LogP contribution is -2.50. The number of amides is 1. The molecular weight excluding hydrogens is 367 g/mol. The SMILES string of the molecule is Cc1cccc(N2CCN(CC(=O)N(CCC#N)c3ccccc3F)CC2)c1C. The Labute approximate surface area is 171 Å². The van der Waals surface area contributed by atoms with Gasteiger partial charge in [0.05, 0.1) is 24.7 Å². The second kappa shape index (κ2) is 9.53. The fourth-order valence-electron chi connectivity index (χ4n) is 3.71. The van der Waals surface area contributed by atoms with Crippen LogP contribution in [-0.4, -0.2) is 50.1 Å². The molecule has 0 atom stereocenters. The zero-order chi connectivity index (χ0) is 20.8. The van der Waals surface area contributed by atoms with Crippen LogP contribution in [0.4, 0.5) is 15.8 Å². The van der Waals surface area contributed by atoms with Crippen molar-refractivity contribution >= 4 is 17.3 Å². The molecule has 0 unspecified atom stereocenters. The zero-order valence-electron chi connectivity index (χ0n) is 17.1. The lowest BCUT2D eigenvalue weighted by atomic mass is 10.1. The van der Waals surface area contributed by atoms with Gasteiger partial charge in [-0.25, -0.2) is 4.39 Å². The molecular formula is C23H27FN4O. The molecule has 5 nitrogen and oxygen atoms in total. The third-order valence-corrected chi connectivity index (χ3v) is 5.54. The number of hydrogen-bond donors (Lipinski definition) is 0. The van der Waals surface area contributed by atoms with E-state index in [0.29, 0.717) is 0 Å². The van der Waals surface area contributed by atoms with Crippen molar-refractivity contribution in [2.75, 3.05) is 49.1 Å². The van der Waals surface area contributed by atoms with E-state index in [9.17, 15) is 9.18 Å². The van der Waals surface area contributed by atoms with Gasteiger partial charge in [-0.3, -0.25) is 9.69 Å². The van der Waals surface area contributed by atoms with Gasteiger partial charge in [-0.05, 0) is 43.2 Å². The summed E-state index contributed by atoms with van der Waals surface area (Å²) >= 11 is 0. The van der Waals surface area contributed by atoms with Gasteiger partial charge >= 0.3 is 0 Å². The highest BCUT2D eigenvalue weighted by Gasteiger charge is 2.24. The third-order valence-electron chi connectivity index (χ3n) is 5.54. The molecule has 0 radical (unpaired) electrons. The van der Waals surface area contributed by atoms with E-state index in [1.54, 1.807) is 18.2 Å². The van der Waals surface area contributed by atoms with E-state index in [0.717, 1.165) is 26.2 Å². The first-order chi connectivity index (χ1) is 14.0. The Balaban J connectivity index is 1.64. The second-order valence-corrected chi connectivity index (χ2v) is 7.39. The molecule has 0 aromatic heterocycles. The summed E-state index contributed by atoms with van der Waals surface area (Å²) in [6.45, 7) is 7.89. The normalized spacial score (nSPS) is 14.5. The van der Waals surface area contributed by atoms with Crippen molar-refractivity contribution in [2.24, 2.45) is 0 Å². The number of hydrogen-bond acceptors (Lipinski definition) is 4.